The molecule has 0 bridgehead atoms. The van der Waals surface area contributed by atoms with E-state index < -0.39 is 16.8 Å². The molecule has 0 saturated carbocycles. The van der Waals surface area contributed by atoms with Crippen LogP contribution in [0.15, 0.2) is 52.1 Å². The number of rotatable bonds is 9. The summed E-state index contributed by atoms with van der Waals surface area (Å²) in [6.45, 7) is 3.05. The van der Waals surface area contributed by atoms with Gasteiger partial charge >= 0.3 is 11.7 Å². The lowest BCUT2D eigenvalue weighted by Gasteiger charge is -2.06. The molecule has 0 aliphatic heterocycles. The third-order valence-corrected chi connectivity index (χ3v) is 4.30. The molecule has 0 unspecified atom stereocenters. The van der Waals surface area contributed by atoms with Gasteiger partial charge in [0.2, 0.25) is 5.76 Å². The number of hydrogen-bond donors (Lipinski definition) is 2. The summed E-state index contributed by atoms with van der Waals surface area (Å²) in [6.07, 6.45) is 1.19. The van der Waals surface area contributed by atoms with Gasteiger partial charge in [-0.2, -0.15) is 10.2 Å². The van der Waals surface area contributed by atoms with E-state index in [4.69, 9.17) is 14.3 Å². The zero-order chi connectivity index (χ0) is 23.3. The molecule has 0 saturated heterocycles. The number of hydrogen-bond acceptors (Lipinski definition) is 8. The number of nitro groups is 1. The van der Waals surface area contributed by atoms with E-state index in [-0.39, 0.29) is 30.3 Å². The van der Waals surface area contributed by atoms with Gasteiger partial charge in [0, 0.05) is 0 Å². The second kappa shape index (κ2) is 9.55. The highest BCUT2D eigenvalue weighted by Gasteiger charge is 2.16. The van der Waals surface area contributed by atoms with Crippen LogP contribution in [-0.4, -0.2) is 37.4 Å². The molecular formula is C20H19N5O7. The number of carboxylic acids is 1. The van der Waals surface area contributed by atoms with E-state index in [0.29, 0.717) is 17.2 Å². The third-order valence-electron chi connectivity index (χ3n) is 4.30. The largest absolute Gasteiger partial charge is 0.486 e. The molecule has 0 fully saturated rings. The molecule has 0 atom stereocenters. The first-order valence-electron chi connectivity index (χ1n) is 9.29. The second-order valence-electron chi connectivity index (χ2n) is 6.67. The van der Waals surface area contributed by atoms with Gasteiger partial charge in [0.25, 0.3) is 5.91 Å². The van der Waals surface area contributed by atoms with Crippen molar-refractivity contribution in [3.05, 3.63) is 75.5 Å². The summed E-state index contributed by atoms with van der Waals surface area (Å²) in [5.74, 6) is -0.878. The van der Waals surface area contributed by atoms with Crippen LogP contribution in [0.4, 0.5) is 5.69 Å². The quantitative estimate of drug-likeness (QED) is 0.291. The molecule has 0 radical (unpaired) electrons. The van der Waals surface area contributed by atoms with Crippen LogP contribution in [0.25, 0.3) is 0 Å². The van der Waals surface area contributed by atoms with Gasteiger partial charge in [-0.1, -0.05) is 0 Å². The van der Waals surface area contributed by atoms with Crippen molar-refractivity contribution < 1.29 is 28.8 Å². The Labute approximate surface area is 181 Å². The molecule has 2 heterocycles. The minimum Gasteiger partial charge on any atom is -0.486 e. The van der Waals surface area contributed by atoms with Crippen LogP contribution >= 0.6 is 0 Å². The number of carbonyl (C=O) groups is 2. The Kier molecular flexibility index (Phi) is 6.63. The SMILES string of the molecule is C/C(=N\NC(=O)Cn1cc([N+](=O)[O-])c(C)n1)c1ccc(OCc2ccc(C(=O)O)o2)cc1. The lowest BCUT2D eigenvalue weighted by Crippen LogP contribution is -2.24. The van der Waals surface area contributed by atoms with Crippen LogP contribution < -0.4 is 10.2 Å². The number of carbonyl (C=O) groups excluding carboxylic acids is 1. The normalized spacial score (nSPS) is 11.2. The van der Waals surface area contributed by atoms with Crippen LogP contribution in [0.3, 0.4) is 0 Å². The van der Waals surface area contributed by atoms with Gasteiger partial charge in [-0.25, -0.2) is 10.2 Å². The zero-order valence-corrected chi connectivity index (χ0v) is 17.1. The number of aryl methyl sites for hydroxylation is 1. The zero-order valence-electron chi connectivity index (χ0n) is 17.1. The summed E-state index contributed by atoms with van der Waals surface area (Å²) in [5.41, 5.74) is 3.71. The number of amides is 1. The molecule has 2 aromatic heterocycles. The highest BCUT2D eigenvalue weighted by molar-refractivity contribution is 5.99. The summed E-state index contributed by atoms with van der Waals surface area (Å²) in [5, 5.41) is 27.7. The van der Waals surface area contributed by atoms with E-state index in [9.17, 15) is 19.7 Å². The van der Waals surface area contributed by atoms with Gasteiger partial charge in [-0.3, -0.25) is 19.6 Å². The lowest BCUT2D eigenvalue weighted by molar-refractivity contribution is -0.385. The number of nitrogens with one attached hydrogen (secondary N) is 1. The van der Waals surface area contributed by atoms with Crippen molar-refractivity contribution in [2.45, 2.75) is 27.0 Å². The number of benzene rings is 1. The molecule has 166 valence electrons. The summed E-state index contributed by atoms with van der Waals surface area (Å²) >= 11 is 0. The van der Waals surface area contributed by atoms with E-state index in [1.807, 2.05) is 0 Å². The smallest absolute Gasteiger partial charge is 0.371 e. The van der Waals surface area contributed by atoms with Crippen LogP contribution in [0.5, 0.6) is 5.75 Å². The summed E-state index contributed by atoms with van der Waals surface area (Å²) in [4.78, 5) is 33.1. The fourth-order valence-corrected chi connectivity index (χ4v) is 2.68. The Morgan fingerprint density at radius 1 is 1.28 bits per heavy atom. The van der Waals surface area contributed by atoms with Crippen LogP contribution in [-0.2, 0) is 17.9 Å². The molecule has 3 rings (SSSR count). The van der Waals surface area contributed by atoms with Crippen molar-refractivity contribution in [3.8, 4) is 5.75 Å². The average molecular weight is 441 g/mol. The van der Waals surface area contributed by atoms with E-state index in [1.165, 1.54) is 29.9 Å². The Hall–Kier alpha value is -4.48. The summed E-state index contributed by atoms with van der Waals surface area (Å²) < 4.78 is 11.9. The van der Waals surface area contributed by atoms with Crippen molar-refractivity contribution in [1.82, 2.24) is 15.2 Å². The molecule has 0 aliphatic carbocycles. The van der Waals surface area contributed by atoms with Crippen molar-refractivity contribution in [1.29, 1.82) is 0 Å². The first-order valence-corrected chi connectivity index (χ1v) is 9.29. The number of aromatic carboxylic acids is 1. The Morgan fingerprint density at radius 3 is 2.59 bits per heavy atom. The van der Waals surface area contributed by atoms with Crippen molar-refractivity contribution in [2.75, 3.05) is 0 Å². The predicted molar refractivity (Wildman–Crippen MR) is 110 cm³/mol. The van der Waals surface area contributed by atoms with Gasteiger partial charge in [-0.15, -0.1) is 0 Å². The molecule has 1 amide bonds. The third kappa shape index (κ3) is 5.56. The number of aromatic nitrogens is 2. The van der Waals surface area contributed by atoms with Gasteiger partial charge in [-0.05, 0) is 55.8 Å². The van der Waals surface area contributed by atoms with Crippen LogP contribution in [0.1, 0.15) is 34.5 Å². The second-order valence-corrected chi connectivity index (χ2v) is 6.67. The van der Waals surface area contributed by atoms with Gasteiger partial charge < -0.3 is 14.3 Å². The number of carboxylic acid groups (broad SMARTS) is 1. The van der Waals surface area contributed by atoms with E-state index in [0.717, 1.165) is 5.56 Å². The monoisotopic (exact) mass is 441 g/mol. The molecular weight excluding hydrogens is 422 g/mol. The van der Waals surface area contributed by atoms with Crippen molar-refractivity contribution >= 4 is 23.3 Å². The number of ether oxygens (including phenoxy) is 1. The molecule has 12 nitrogen and oxygen atoms in total. The Balaban J connectivity index is 1.53. The van der Waals surface area contributed by atoms with Crippen molar-refractivity contribution in [3.63, 3.8) is 0 Å². The van der Waals surface area contributed by atoms with E-state index in [1.54, 1.807) is 31.2 Å². The highest BCUT2D eigenvalue weighted by atomic mass is 16.6. The molecule has 32 heavy (non-hydrogen) atoms. The maximum Gasteiger partial charge on any atom is 0.371 e. The maximum atomic E-state index is 12.0. The molecule has 0 aliphatic rings. The van der Waals surface area contributed by atoms with E-state index in [2.05, 4.69) is 15.6 Å². The molecule has 3 aromatic rings. The van der Waals surface area contributed by atoms with Gasteiger partial charge in [0.15, 0.2) is 0 Å². The fourth-order valence-electron chi connectivity index (χ4n) is 2.68. The topological polar surface area (TPSA) is 162 Å². The maximum absolute atomic E-state index is 12.0. The van der Waals surface area contributed by atoms with Crippen molar-refractivity contribution in [2.24, 2.45) is 5.10 Å². The van der Waals surface area contributed by atoms with Crippen LogP contribution in [0.2, 0.25) is 0 Å². The van der Waals surface area contributed by atoms with E-state index >= 15 is 0 Å². The first kappa shape index (κ1) is 22.2. The number of furan rings is 1. The fraction of sp³-hybridized carbons (Fsp3) is 0.200. The summed E-state index contributed by atoms with van der Waals surface area (Å²) in [7, 11) is 0. The number of nitrogens with zero attached hydrogens (tertiary/aromatic N) is 4. The predicted octanol–water partition coefficient (Wildman–Crippen LogP) is 2.51. The summed E-state index contributed by atoms with van der Waals surface area (Å²) in [6, 6.07) is 9.76. The standard InChI is InChI=1S/C20H19N5O7/c1-12(21-22-19(26)10-24-9-17(25(29)30)13(2)23-24)14-3-5-15(6-4-14)31-11-16-7-8-18(32-16)20(27)28/h3-9H,10-11H2,1-2H3,(H,22,26)(H,27,28)/b21-12+. The van der Waals surface area contributed by atoms with Gasteiger partial charge in [0.1, 0.15) is 36.6 Å². The minimum absolute atomic E-state index is 0.0703. The molecule has 0 spiro atoms. The molecule has 1 aromatic carbocycles. The Bertz CT molecular complexity index is 1180. The first-order chi connectivity index (χ1) is 15.2. The highest BCUT2D eigenvalue weighted by Crippen LogP contribution is 2.17. The average Bonchev–Trinajstić information content (AvgIpc) is 3.37. The number of hydrazone groups is 1. The van der Waals surface area contributed by atoms with Crippen LogP contribution in [0, 0.1) is 17.0 Å². The lowest BCUT2D eigenvalue weighted by atomic mass is 10.1. The van der Waals surface area contributed by atoms with Gasteiger partial charge in [0.05, 0.1) is 10.6 Å². The molecule has 2 N–H and O–H groups in total. The minimum atomic E-state index is -1.15. The Morgan fingerprint density at radius 2 is 2.00 bits per heavy atom. The molecule has 12 heteroatoms.